The molecule has 2 aromatic rings. The van der Waals surface area contributed by atoms with Gasteiger partial charge in [-0.05, 0) is 38.0 Å². The maximum Gasteiger partial charge on any atom is 0.304 e. The number of nitrogens with one attached hydrogen (secondary N) is 1. The van der Waals surface area contributed by atoms with Gasteiger partial charge in [0.05, 0.1) is 5.69 Å². The molecule has 0 aliphatic heterocycles. The van der Waals surface area contributed by atoms with Crippen LogP contribution in [0, 0.1) is 11.6 Å². The van der Waals surface area contributed by atoms with Crippen LogP contribution in [0.25, 0.3) is 0 Å². The predicted octanol–water partition coefficient (Wildman–Crippen LogP) is 3.05. The van der Waals surface area contributed by atoms with Crippen LogP contribution in [0.1, 0.15) is 38.2 Å². The molecule has 2 amide bonds. The molecule has 36 heavy (non-hydrogen) atoms. The maximum absolute atomic E-state index is 14.6. The first-order valence-corrected chi connectivity index (χ1v) is 13.2. The number of para-hydroxylation sites is 1. The molecule has 1 fully saturated rings. The lowest BCUT2D eigenvalue weighted by Crippen LogP contribution is -2.53. The molecule has 1 N–H and O–H groups in total. The van der Waals surface area contributed by atoms with Crippen LogP contribution in [0.4, 0.5) is 14.5 Å². The van der Waals surface area contributed by atoms with Crippen LogP contribution in [0.15, 0.2) is 48.5 Å². The number of amides is 2. The molecule has 196 valence electrons. The van der Waals surface area contributed by atoms with Gasteiger partial charge < -0.3 is 10.2 Å². The zero-order valence-electron chi connectivity index (χ0n) is 20.7. The van der Waals surface area contributed by atoms with Crippen LogP contribution in [0.3, 0.4) is 0 Å². The first-order valence-electron chi connectivity index (χ1n) is 11.8. The molecule has 0 radical (unpaired) electrons. The molecular formula is C25H32F2N4O4S. The van der Waals surface area contributed by atoms with E-state index >= 15 is 0 Å². The van der Waals surface area contributed by atoms with Gasteiger partial charge in [-0.15, -0.1) is 0 Å². The van der Waals surface area contributed by atoms with Crippen LogP contribution in [-0.2, 0) is 26.3 Å². The van der Waals surface area contributed by atoms with Crippen molar-refractivity contribution < 1.29 is 26.8 Å². The van der Waals surface area contributed by atoms with E-state index in [4.69, 9.17) is 0 Å². The number of benzene rings is 2. The number of hydrogen-bond donors (Lipinski definition) is 1. The summed E-state index contributed by atoms with van der Waals surface area (Å²) < 4.78 is 56.8. The quantitative estimate of drug-likeness (QED) is 0.520. The Bertz CT molecular complexity index is 1190. The van der Waals surface area contributed by atoms with Gasteiger partial charge in [-0.2, -0.15) is 12.7 Å². The molecule has 11 heteroatoms. The molecule has 0 saturated heterocycles. The van der Waals surface area contributed by atoms with Crippen LogP contribution >= 0.6 is 0 Å². The molecule has 1 aliphatic rings. The Balaban J connectivity index is 1.95. The van der Waals surface area contributed by atoms with Gasteiger partial charge in [0.25, 0.3) is 0 Å². The SMILES string of the molecule is C[C@H](C(=O)NC1CCCC1)N(Cc1ccccc1F)C(=O)CN(c1ccccc1F)S(=O)(=O)N(C)C. The molecule has 0 bridgehead atoms. The van der Waals surface area contributed by atoms with Crippen LogP contribution < -0.4 is 9.62 Å². The van der Waals surface area contributed by atoms with Crippen LogP contribution in [-0.4, -0.2) is 62.2 Å². The third kappa shape index (κ3) is 6.38. The highest BCUT2D eigenvalue weighted by molar-refractivity contribution is 7.90. The second-order valence-corrected chi connectivity index (χ2v) is 11.1. The molecule has 1 atom stereocenters. The largest absolute Gasteiger partial charge is 0.352 e. The molecule has 0 unspecified atom stereocenters. The zero-order valence-corrected chi connectivity index (χ0v) is 21.5. The van der Waals surface area contributed by atoms with Gasteiger partial charge >= 0.3 is 10.2 Å². The molecule has 0 spiro atoms. The molecule has 1 aliphatic carbocycles. The Kier molecular flexibility index (Phi) is 9.02. The van der Waals surface area contributed by atoms with Crippen molar-refractivity contribution in [3.05, 3.63) is 65.7 Å². The summed E-state index contributed by atoms with van der Waals surface area (Å²) in [5.41, 5.74) is -0.146. The lowest BCUT2D eigenvalue weighted by molar-refractivity contribution is -0.139. The lowest BCUT2D eigenvalue weighted by atomic mass is 10.1. The van der Waals surface area contributed by atoms with Crippen LogP contribution in [0.2, 0.25) is 0 Å². The van der Waals surface area contributed by atoms with E-state index in [1.165, 1.54) is 57.4 Å². The summed E-state index contributed by atoms with van der Waals surface area (Å²) in [5.74, 6) is -2.59. The molecular weight excluding hydrogens is 490 g/mol. The van der Waals surface area contributed by atoms with E-state index in [2.05, 4.69) is 5.32 Å². The van der Waals surface area contributed by atoms with Gasteiger partial charge in [-0.25, -0.2) is 13.1 Å². The molecule has 2 aromatic carbocycles. The highest BCUT2D eigenvalue weighted by atomic mass is 32.2. The Hall–Kier alpha value is -3.05. The number of carbonyl (C=O) groups excluding carboxylic acids is 2. The Morgan fingerprint density at radius 2 is 1.58 bits per heavy atom. The highest BCUT2D eigenvalue weighted by Gasteiger charge is 2.34. The highest BCUT2D eigenvalue weighted by Crippen LogP contribution is 2.24. The molecule has 8 nitrogen and oxygen atoms in total. The summed E-state index contributed by atoms with van der Waals surface area (Å²) in [6, 6.07) is 10.0. The number of carbonyl (C=O) groups is 2. The number of nitrogens with zero attached hydrogens (tertiary/aromatic N) is 3. The Labute approximate surface area is 211 Å². The zero-order chi connectivity index (χ0) is 26.5. The monoisotopic (exact) mass is 522 g/mol. The number of halogens is 2. The van der Waals surface area contributed by atoms with Crippen molar-refractivity contribution in [2.75, 3.05) is 24.9 Å². The van der Waals surface area contributed by atoms with Gasteiger partial charge in [-0.3, -0.25) is 9.59 Å². The van der Waals surface area contributed by atoms with Gasteiger partial charge in [0.15, 0.2) is 0 Å². The fourth-order valence-corrected chi connectivity index (χ4v) is 5.20. The van der Waals surface area contributed by atoms with E-state index in [1.54, 1.807) is 6.07 Å². The van der Waals surface area contributed by atoms with Gasteiger partial charge in [-0.1, -0.05) is 43.2 Å². The minimum Gasteiger partial charge on any atom is -0.352 e. The van der Waals surface area contributed by atoms with E-state index in [-0.39, 0.29) is 23.8 Å². The van der Waals surface area contributed by atoms with Gasteiger partial charge in [0, 0.05) is 32.2 Å². The molecule has 0 aromatic heterocycles. The van der Waals surface area contributed by atoms with E-state index in [9.17, 15) is 26.8 Å². The number of anilines is 1. The average Bonchev–Trinajstić information content (AvgIpc) is 3.35. The third-order valence-electron chi connectivity index (χ3n) is 6.31. The smallest absolute Gasteiger partial charge is 0.304 e. The third-order valence-corrected chi connectivity index (χ3v) is 8.11. The standard InChI is InChI=1S/C25H32F2N4O4S/c1-18(25(33)28-20-11-5-6-12-20)30(16-19-10-4-7-13-21(19)26)24(32)17-31(36(34,35)29(2)3)23-15-9-8-14-22(23)27/h4,7-10,13-15,18,20H,5-6,11-12,16-17H2,1-3H3,(H,28,33)/t18-/m1/s1. The summed E-state index contributed by atoms with van der Waals surface area (Å²) in [6.07, 6.45) is 3.66. The van der Waals surface area contributed by atoms with Crippen molar-refractivity contribution in [3.63, 3.8) is 0 Å². The molecule has 3 rings (SSSR count). The summed E-state index contributed by atoms with van der Waals surface area (Å²) in [6.45, 7) is 0.464. The van der Waals surface area contributed by atoms with Crippen molar-refractivity contribution in [3.8, 4) is 0 Å². The van der Waals surface area contributed by atoms with Crippen molar-refractivity contribution in [1.29, 1.82) is 0 Å². The topological polar surface area (TPSA) is 90.0 Å². The predicted molar refractivity (Wildman–Crippen MR) is 133 cm³/mol. The van der Waals surface area contributed by atoms with Gasteiger partial charge in [0.2, 0.25) is 11.8 Å². The fraction of sp³-hybridized carbons (Fsp3) is 0.440. The van der Waals surface area contributed by atoms with E-state index < -0.39 is 46.2 Å². The summed E-state index contributed by atoms with van der Waals surface area (Å²) in [7, 11) is -1.75. The fourth-order valence-electron chi connectivity index (χ4n) is 4.14. The number of rotatable bonds is 10. The number of hydrogen-bond acceptors (Lipinski definition) is 4. The first kappa shape index (κ1) is 27.5. The maximum atomic E-state index is 14.6. The average molecular weight is 523 g/mol. The minimum absolute atomic E-state index is 0.00519. The second-order valence-electron chi connectivity index (χ2n) is 9.03. The first-order chi connectivity index (χ1) is 17.0. The summed E-state index contributed by atoms with van der Waals surface area (Å²) >= 11 is 0. The summed E-state index contributed by atoms with van der Waals surface area (Å²) in [4.78, 5) is 27.7. The van der Waals surface area contributed by atoms with Crippen molar-refractivity contribution in [2.45, 2.75) is 51.2 Å². The Morgan fingerprint density at radius 3 is 2.17 bits per heavy atom. The van der Waals surface area contributed by atoms with E-state index in [0.717, 1.165) is 41.0 Å². The summed E-state index contributed by atoms with van der Waals surface area (Å²) in [5, 5.41) is 2.93. The Morgan fingerprint density at radius 1 is 1.00 bits per heavy atom. The van der Waals surface area contributed by atoms with Crippen molar-refractivity contribution >= 4 is 27.7 Å². The van der Waals surface area contributed by atoms with Crippen molar-refractivity contribution in [2.24, 2.45) is 0 Å². The van der Waals surface area contributed by atoms with Gasteiger partial charge in [0.1, 0.15) is 24.2 Å². The molecule has 0 heterocycles. The van der Waals surface area contributed by atoms with E-state index in [1.807, 2.05) is 0 Å². The normalized spacial score (nSPS) is 15.1. The second kappa shape index (κ2) is 11.8. The van der Waals surface area contributed by atoms with Crippen molar-refractivity contribution in [1.82, 2.24) is 14.5 Å². The lowest BCUT2D eigenvalue weighted by Gasteiger charge is -2.33. The van der Waals surface area contributed by atoms with E-state index in [0.29, 0.717) is 4.31 Å². The minimum atomic E-state index is -4.28. The molecule has 1 saturated carbocycles. The van der Waals surface area contributed by atoms with Crippen LogP contribution in [0.5, 0.6) is 0 Å².